The number of hydrogen-bond donors (Lipinski definition) is 1. The number of rotatable bonds is 7. The van der Waals surface area contributed by atoms with Crippen LogP contribution >= 0.6 is 11.8 Å². The summed E-state index contributed by atoms with van der Waals surface area (Å²) in [6, 6.07) is 18.2. The molecule has 32 heavy (non-hydrogen) atoms. The molecule has 0 radical (unpaired) electrons. The Morgan fingerprint density at radius 2 is 1.88 bits per heavy atom. The first-order chi connectivity index (χ1) is 15.4. The van der Waals surface area contributed by atoms with E-state index in [1.165, 1.54) is 16.5 Å². The molecule has 1 aliphatic rings. The molecule has 0 atom stereocenters. The zero-order valence-electron chi connectivity index (χ0n) is 17.4. The van der Waals surface area contributed by atoms with Crippen LogP contribution in [0.2, 0.25) is 0 Å². The van der Waals surface area contributed by atoms with Crippen LogP contribution in [-0.4, -0.2) is 33.7 Å². The molecular weight excluding hydrogens is 426 g/mol. The van der Waals surface area contributed by atoms with E-state index in [9.17, 15) is 14.4 Å². The van der Waals surface area contributed by atoms with Crippen LogP contribution in [0.4, 0.5) is 4.79 Å². The number of amides is 2. The predicted octanol–water partition coefficient (Wildman–Crippen LogP) is 5.62. The van der Waals surface area contributed by atoms with E-state index in [-0.39, 0.29) is 16.7 Å². The molecule has 1 fully saturated rings. The van der Waals surface area contributed by atoms with E-state index in [1.54, 1.807) is 30.3 Å². The number of carbonyl (C=O) groups is 3. The highest BCUT2D eigenvalue weighted by Crippen LogP contribution is 2.34. The van der Waals surface area contributed by atoms with Crippen molar-refractivity contribution in [1.82, 2.24) is 4.90 Å². The fourth-order valence-electron chi connectivity index (χ4n) is 3.56. The zero-order valence-corrected chi connectivity index (χ0v) is 18.2. The average Bonchev–Trinajstić information content (AvgIpc) is 3.34. The second-order valence-corrected chi connectivity index (χ2v) is 8.45. The number of imide groups is 1. The minimum Gasteiger partial charge on any atom is -0.478 e. The monoisotopic (exact) mass is 447 g/mol. The first-order valence-electron chi connectivity index (χ1n) is 10.2. The van der Waals surface area contributed by atoms with E-state index in [4.69, 9.17) is 9.52 Å². The van der Waals surface area contributed by atoms with Gasteiger partial charge in [0.1, 0.15) is 11.5 Å². The first kappa shape index (κ1) is 21.6. The average molecular weight is 448 g/mol. The number of aryl methyl sites for hydroxylation is 2. The van der Waals surface area contributed by atoms with E-state index < -0.39 is 5.97 Å². The van der Waals surface area contributed by atoms with Gasteiger partial charge in [-0.2, -0.15) is 0 Å². The molecule has 1 aliphatic heterocycles. The van der Waals surface area contributed by atoms with Gasteiger partial charge >= 0.3 is 5.97 Å². The molecule has 2 amide bonds. The lowest BCUT2D eigenvalue weighted by atomic mass is 10.0. The maximum absolute atomic E-state index is 12.7. The van der Waals surface area contributed by atoms with Gasteiger partial charge in [0, 0.05) is 18.2 Å². The van der Waals surface area contributed by atoms with Crippen LogP contribution in [0.15, 0.2) is 70.0 Å². The number of benzene rings is 2. The molecule has 0 bridgehead atoms. The summed E-state index contributed by atoms with van der Waals surface area (Å²) in [5, 5.41) is 8.84. The Kier molecular flexibility index (Phi) is 6.28. The van der Waals surface area contributed by atoms with Crippen molar-refractivity contribution in [3.63, 3.8) is 0 Å². The number of aromatic carboxylic acids is 1. The summed E-state index contributed by atoms with van der Waals surface area (Å²) >= 11 is 0.910. The minimum absolute atomic E-state index is 0.207. The molecular formula is C25H21NO5S. The van der Waals surface area contributed by atoms with Crippen molar-refractivity contribution in [1.29, 1.82) is 0 Å². The predicted molar refractivity (Wildman–Crippen MR) is 123 cm³/mol. The first-order valence-corrected chi connectivity index (χ1v) is 11.0. The maximum atomic E-state index is 12.7. The minimum atomic E-state index is -0.987. The van der Waals surface area contributed by atoms with Crippen molar-refractivity contribution in [2.75, 3.05) is 6.54 Å². The number of nitrogens with zero attached hydrogens (tertiary/aromatic N) is 1. The van der Waals surface area contributed by atoms with Crippen molar-refractivity contribution in [2.45, 2.75) is 19.8 Å². The highest BCUT2D eigenvalue weighted by atomic mass is 32.2. The highest BCUT2D eigenvalue weighted by Gasteiger charge is 2.34. The molecule has 0 unspecified atom stereocenters. The third-order valence-electron chi connectivity index (χ3n) is 5.20. The van der Waals surface area contributed by atoms with Crippen molar-refractivity contribution >= 4 is 35.0 Å². The Hall–Kier alpha value is -3.58. The molecule has 1 aromatic heterocycles. The van der Waals surface area contributed by atoms with Crippen molar-refractivity contribution in [2.24, 2.45) is 0 Å². The fraction of sp³-hybridized carbons (Fsp3) is 0.160. The van der Waals surface area contributed by atoms with Crippen molar-refractivity contribution in [3.05, 3.63) is 88.0 Å². The molecule has 1 N–H and O–H groups in total. The zero-order chi connectivity index (χ0) is 22.7. The van der Waals surface area contributed by atoms with E-state index in [0.717, 1.165) is 29.3 Å². The Balaban J connectivity index is 1.44. The summed E-state index contributed by atoms with van der Waals surface area (Å²) in [5.41, 5.74) is 2.91. The largest absolute Gasteiger partial charge is 0.478 e. The van der Waals surface area contributed by atoms with Gasteiger partial charge in [-0.1, -0.05) is 36.4 Å². The summed E-state index contributed by atoms with van der Waals surface area (Å²) in [6.07, 6.45) is 3.07. The molecule has 6 nitrogen and oxygen atoms in total. The van der Waals surface area contributed by atoms with Gasteiger partial charge in [0.05, 0.1) is 10.5 Å². The summed E-state index contributed by atoms with van der Waals surface area (Å²) in [5.74, 6) is -0.281. The molecule has 4 rings (SSSR count). The molecule has 7 heteroatoms. The third kappa shape index (κ3) is 4.68. The maximum Gasteiger partial charge on any atom is 0.335 e. The molecule has 0 saturated carbocycles. The Morgan fingerprint density at radius 1 is 1.09 bits per heavy atom. The lowest BCUT2D eigenvalue weighted by molar-refractivity contribution is -0.122. The summed E-state index contributed by atoms with van der Waals surface area (Å²) in [7, 11) is 0. The fourth-order valence-corrected chi connectivity index (χ4v) is 4.40. The SMILES string of the molecule is Cc1cc(C(=O)O)ccc1-c1ccc(/C=C2/SC(=O)N(CCCc3ccccc3)C2=O)o1. The standard InChI is InChI=1S/C25H21NO5S/c1-16-14-18(24(28)29)9-11-20(16)21-12-10-19(31-21)15-22-23(27)26(25(30)32-22)13-5-8-17-6-3-2-4-7-17/h2-4,6-7,9-12,14-15H,5,8,13H2,1H3,(H,28,29)/b22-15+. The van der Waals surface area contributed by atoms with Crippen molar-refractivity contribution < 1.29 is 23.9 Å². The molecule has 0 spiro atoms. The molecule has 2 aromatic carbocycles. The van der Waals surface area contributed by atoms with Crippen molar-refractivity contribution in [3.8, 4) is 11.3 Å². The molecule has 162 valence electrons. The summed E-state index contributed by atoms with van der Waals surface area (Å²) in [6.45, 7) is 2.18. The Morgan fingerprint density at radius 3 is 2.59 bits per heavy atom. The van der Waals surface area contributed by atoms with Gasteiger partial charge in [0.25, 0.3) is 11.1 Å². The highest BCUT2D eigenvalue weighted by molar-refractivity contribution is 8.18. The number of carbonyl (C=O) groups excluding carboxylic acids is 2. The smallest absolute Gasteiger partial charge is 0.335 e. The second kappa shape index (κ2) is 9.28. The van der Waals surface area contributed by atoms with Gasteiger partial charge in [-0.25, -0.2) is 4.79 Å². The lowest BCUT2D eigenvalue weighted by Gasteiger charge is -2.11. The molecule has 3 aromatic rings. The van der Waals surface area contributed by atoms with Crippen LogP contribution in [-0.2, 0) is 11.2 Å². The normalized spacial score (nSPS) is 15.0. The Labute approximate surface area is 189 Å². The number of carboxylic acids is 1. The molecule has 1 saturated heterocycles. The van der Waals surface area contributed by atoms with Crippen LogP contribution in [0.1, 0.15) is 33.7 Å². The van der Waals surface area contributed by atoms with Gasteiger partial charge in [-0.15, -0.1) is 0 Å². The van der Waals surface area contributed by atoms with E-state index >= 15 is 0 Å². The van der Waals surface area contributed by atoms with Gasteiger partial charge in [-0.3, -0.25) is 14.5 Å². The number of thioether (sulfide) groups is 1. The van der Waals surface area contributed by atoms with Gasteiger partial charge in [0.2, 0.25) is 0 Å². The molecule has 0 aliphatic carbocycles. The number of furan rings is 1. The van der Waals surface area contributed by atoms with Crippen LogP contribution in [0.25, 0.3) is 17.4 Å². The summed E-state index contributed by atoms with van der Waals surface area (Å²) in [4.78, 5) is 37.8. The lowest BCUT2D eigenvalue weighted by Crippen LogP contribution is -2.29. The summed E-state index contributed by atoms with van der Waals surface area (Å²) < 4.78 is 5.85. The van der Waals surface area contributed by atoms with Crippen LogP contribution in [0.3, 0.4) is 0 Å². The van der Waals surface area contributed by atoms with E-state index in [0.29, 0.717) is 29.4 Å². The third-order valence-corrected chi connectivity index (χ3v) is 6.11. The van der Waals surface area contributed by atoms with Crippen LogP contribution < -0.4 is 0 Å². The van der Waals surface area contributed by atoms with E-state index in [2.05, 4.69) is 0 Å². The second-order valence-electron chi connectivity index (χ2n) is 7.46. The van der Waals surface area contributed by atoms with Crippen LogP contribution in [0.5, 0.6) is 0 Å². The Bertz CT molecular complexity index is 1210. The van der Waals surface area contributed by atoms with Gasteiger partial charge in [-0.05, 0) is 66.9 Å². The quantitative estimate of drug-likeness (QED) is 0.473. The van der Waals surface area contributed by atoms with Gasteiger partial charge in [0.15, 0.2) is 0 Å². The van der Waals surface area contributed by atoms with Gasteiger partial charge < -0.3 is 9.52 Å². The molecule has 2 heterocycles. The van der Waals surface area contributed by atoms with E-state index in [1.807, 2.05) is 37.3 Å². The topological polar surface area (TPSA) is 87.8 Å². The number of hydrogen-bond acceptors (Lipinski definition) is 5. The van der Waals surface area contributed by atoms with Crippen LogP contribution in [0, 0.1) is 6.92 Å². The number of carboxylic acid groups (broad SMARTS) is 1.